The first-order chi connectivity index (χ1) is 17.0. The summed E-state index contributed by atoms with van der Waals surface area (Å²) in [6.45, 7) is 12.1. The molecule has 0 bridgehead atoms. The van der Waals surface area contributed by atoms with Gasteiger partial charge in [-0.05, 0) is 70.6 Å². The molecule has 5 aromatic rings. The maximum Gasteiger partial charge on any atom is 0.261 e. The minimum Gasteiger partial charge on any atom is -0.456 e. The summed E-state index contributed by atoms with van der Waals surface area (Å²) in [4.78, 5) is 30.1. The van der Waals surface area contributed by atoms with Crippen molar-refractivity contribution in [3.05, 3.63) is 88.0 Å². The highest BCUT2D eigenvalue weighted by Crippen LogP contribution is 2.37. The Kier molecular flexibility index (Phi) is 7.12. The summed E-state index contributed by atoms with van der Waals surface area (Å²) >= 11 is 0. The van der Waals surface area contributed by atoms with Gasteiger partial charge in [0.15, 0.2) is 0 Å². The molecule has 0 radical (unpaired) electrons. The van der Waals surface area contributed by atoms with E-state index in [-0.39, 0.29) is 24.3 Å². The lowest BCUT2D eigenvalue weighted by molar-refractivity contribution is -0.133. The minimum atomic E-state index is -0.322. The molecule has 5 nitrogen and oxygen atoms in total. The van der Waals surface area contributed by atoms with Crippen LogP contribution in [0.1, 0.15) is 38.7 Å². The molecule has 2 aromatic heterocycles. The Morgan fingerprint density at radius 3 is 2.26 bits per heavy atom. The molecule has 2 heterocycles. The quantitative estimate of drug-likeness (QED) is 0.104. The van der Waals surface area contributed by atoms with Gasteiger partial charge in [-0.25, -0.2) is 0 Å². The van der Waals surface area contributed by atoms with Crippen molar-refractivity contribution >= 4 is 49.1 Å². The fourth-order valence-electron chi connectivity index (χ4n) is 4.58. The molecule has 0 atom stereocenters. The average Bonchev–Trinajstić information content (AvgIpc) is 2.90. The summed E-state index contributed by atoms with van der Waals surface area (Å²) in [5.41, 5.74) is 2.40. The zero-order valence-corrected chi connectivity index (χ0v) is 20.0. The van der Waals surface area contributed by atoms with Crippen molar-refractivity contribution in [2.75, 3.05) is 6.61 Å². The van der Waals surface area contributed by atoms with Crippen LogP contribution in [0.2, 0.25) is 0 Å². The summed E-state index contributed by atoms with van der Waals surface area (Å²) < 4.78 is 19.3. The van der Waals surface area contributed by atoms with Crippen LogP contribution in [-0.4, -0.2) is 11.2 Å². The van der Waals surface area contributed by atoms with Crippen LogP contribution >= 0.6 is 0 Å². The van der Waals surface area contributed by atoms with Crippen LogP contribution < -0.4 is 11.1 Å². The van der Waals surface area contributed by atoms with Gasteiger partial charge in [-0.2, -0.15) is 4.94 Å². The third-order valence-electron chi connectivity index (χ3n) is 6.28. The van der Waals surface area contributed by atoms with Crippen molar-refractivity contribution in [1.82, 2.24) is 4.57 Å². The first-order valence-corrected chi connectivity index (χ1v) is 11.9. The van der Waals surface area contributed by atoms with Gasteiger partial charge in [-0.15, -0.1) is 0 Å². The van der Waals surface area contributed by atoms with E-state index in [1.54, 1.807) is 24.3 Å². The number of nitrogens with zero attached hydrogens (tertiary/aromatic N) is 1. The molecular formula is C29H28FNO4. The molecule has 0 fully saturated rings. The van der Waals surface area contributed by atoms with Crippen molar-refractivity contribution < 1.29 is 13.9 Å². The van der Waals surface area contributed by atoms with Gasteiger partial charge in [0.25, 0.3) is 11.1 Å². The smallest absolute Gasteiger partial charge is 0.261 e. The van der Waals surface area contributed by atoms with E-state index in [9.17, 15) is 14.1 Å². The predicted molar refractivity (Wildman–Crippen MR) is 142 cm³/mol. The van der Waals surface area contributed by atoms with Crippen molar-refractivity contribution in [2.45, 2.75) is 39.7 Å². The lowest BCUT2D eigenvalue weighted by atomic mass is 9.95. The Balaban J connectivity index is 0.00000141. The predicted octanol–water partition coefficient (Wildman–Crippen LogP) is 7.15. The van der Waals surface area contributed by atoms with E-state index in [1.165, 1.54) is 4.57 Å². The molecule has 6 heteroatoms. The van der Waals surface area contributed by atoms with E-state index in [1.807, 2.05) is 38.1 Å². The van der Waals surface area contributed by atoms with E-state index in [2.05, 4.69) is 18.1 Å². The van der Waals surface area contributed by atoms with E-state index < -0.39 is 0 Å². The lowest BCUT2D eigenvalue weighted by Gasteiger charge is -2.14. The number of fused-ring (bicyclic) bond motifs is 2. The molecule has 0 saturated carbocycles. The number of hydrogen-bond acceptors (Lipinski definition) is 4. The van der Waals surface area contributed by atoms with Crippen LogP contribution in [0.5, 0.6) is 0 Å². The van der Waals surface area contributed by atoms with E-state index in [4.69, 9.17) is 4.42 Å². The number of halogens is 1. The van der Waals surface area contributed by atoms with Gasteiger partial charge in [-0.3, -0.25) is 14.2 Å². The van der Waals surface area contributed by atoms with Gasteiger partial charge >= 0.3 is 0 Å². The highest BCUT2D eigenvalue weighted by atomic mass is 19.3. The molecule has 0 N–H and O–H groups in total. The van der Waals surface area contributed by atoms with Crippen LogP contribution in [0.4, 0.5) is 4.53 Å². The fraction of sp³-hybridized carbons (Fsp3) is 0.241. The zero-order chi connectivity index (χ0) is 25.1. The number of allylic oxidation sites excluding steroid dienone is 2. The second-order valence-electron chi connectivity index (χ2n) is 8.20. The van der Waals surface area contributed by atoms with Gasteiger partial charge in [-0.1, -0.05) is 45.2 Å². The number of hydrogen-bond donors (Lipinski definition) is 0. The zero-order valence-electron chi connectivity index (χ0n) is 20.0. The third-order valence-corrected chi connectivity index (χ3v) is 6.28. The largest absolute Gasteiger partial charge is 0.456 e. The van der Waals surface area contributed by atoms with Crippen LogP contribution in [0.3, 0.4) is 0 Å². The monoisotopic (exact) mass is 473 g/mol. The number of unbranched alkanes of at least 4 members (excludes halogenated alkanes) is 2. The molecule has 35 heavy (non-hydrogen) atoms. The molecule has 0 amide bonds. The topological polar surface area (TPSA) is 61.4 Å². The second-order valence-corrected chi connectivity index (χ2v) is 8.20. The number of rotatable bonds is 8. The van der Waals surface area contributed by atoms with Crippen LogP contribution in [-0.2, 0) is 11.5 Å². The molecule has 0 saturated heterocycles. The molecule has 3 aromatic carbocycles. The minimum absolute atomic E-state index is 0.0128. The summed E-state index contributed by atoms with van der Waals surface area (Å²) in [7, 11) is 0. The van der Waals surface area contributed by atoms with Gasteiger partial charge in [0.2, 0.25) is 0 Å². The number of benzene rings is 3. The maximum absolute atomic E-state index is 13.2. The van der Waals surface area contributed by atoms with Gasteiger partial charge in [0.1, 0.15) is 11.2 Å². The van der Waals surface area contributed by atoms with Crippen molar-refractivity contribution in [3.63, 3.8) is 0 Å². The molecule has 5 rings (SSSR count). The Bertz CT molecular complexity index is 1630. The number of aromatic nitrogens is 1. The Hall–Kier alpha value is -3.77. The highest BCUT2D eigenvalue weighted by molar-refractivity contribution is 6.26. The average molecular weight is 474 g/mol. The summed E-state index contributed by atoms with van der Waals surface area (Å²) in [5.74, 6) is 0. The first-order valence-electron chi connectivity index (χ1n) is 11.9. The molecule has 0 unspecified atom stereocenters. The maximum atomic E-state index is 13.2. The highest BCUT2D eigenvalue weighted by Gasteiger charge is 2.19. The standard InChI is InChI=1S/C27H22FNO4.C2H6/c1-3-16(2)17-7-11-22-21(15-17)18-8-9-19-24-20(10-12-23(33-22)25(18)24)27(31)29(26(19)30)13-5-4-6-14-32-28;1-2/h3,7-12,15H,1-2,4-6,13-14H2;1-2H3. The molecule has 0 aliphatic rings. The van der Waals surface area contributed by atoms with Crippen molar-refractivity contribution in [3.8, 4) is 0 Å². The molecule has 0 aliphatic carbocycles. The Morgan fingerprint density at radius 1 is 0.914 bits per heavy atom. The summed E-state index contributed by atoms with van der Waals surface area (Å²) in [5, 5.41) is 4.14. The normalized spacial score (nSPS) is 11.3. The van der Waals surface area contributed by atoms with E-state index in [0.29, 0.717) is 46.6 Å². The van der Waals surface area contributed by atoms with Gasteiger partial charge in [0, 0.05) is 33.5 Å². The third kappa shape index (κ3) is 4.15. The second kappa shape index (κ2) is 10.2. The Labute approximate surface area is 202 Å². The molecule has 0 spiro atoms. The van der Waals surface area contributed by atoms with E-state index in [0.717, 1.165) is 27.3 Å². The lowest BCUT2D eigenvalue weighted by Crippen LogP contribution is -2.33. The molecule has 0 aliphatic heterocycles. The van der Waals surface area contributed by atoms with Gasteiger partial charge < -0.3 is 4.42 Å². The van der Waals surface area contributed by atoms with Crippen molar-refractivity contribution in [1.29, 1.82) is 0 Å². The van der Waals surface area contributed by atoms with Gasteiger partial charge in [0.05, 0.1) is 6.61 Å². The summed E-state index contributed by atoms with van der Waals surface area (Å²) in [6, 6.07) is 13.0. The Morgan fingerprint density at radius 2 is 1.57 bits per heavy atom. The van der Waals surface area contributed by atoms with E-state index >= 15 is 0 Å². The SMILES string of the molecule is C=CC(=C)c1ccc2oc3ccc4c(=O)n(CCCCCOF)c(=O)c5ccc(c2c1)c3c45.CC. The molecular weight excluding hydrogens is 445 g/mol. The first kappa shape index (κ1) is 24.4. The molecule has 180 valence electrons. The van der Waals surface area contributed by atoms with Crippen LogP contribution in [0.15, 0.2) is 75.7 Å². The fourth-order valence-corrected chi connectivity index (χ4v) is 4.58. The number of pyridine rings is 1. The van der Waals surface area contributed by atoms with Crippen molar-refractivity contribution in [2.24, 2.45) is 0 Å². The summed E-state index contributed by atoms with van der Waals surface area (Å²) in [6.07, 6.45) is 3.47. The van der Waals surface area contributed by atoms with Crippen LogP contribution in [0.25, 0.3) is 49.1 Å². The van der Waals surface area contributed by atoms with Crippen LogP contribution in [0, 0.1) is 0 Å².